The van der Waals surface area contributed by atoms with E-state index in [2.05, 4.69) is 4.98 Å². The molecule has 1 saturated heterocycles. The van der Waals surface area contributed by atoms with Crippen molar-refractivity contribution in [1.82, 2.24) is 14.5 Å². The van der Waals surface area contributed by atoms with E-state index in [9.17, 15) is 18.0 Å². The molecule has 0 bridgehead atoms. The van der Waals surface area contributed by atoms with Gasteiger partial charge in [-0.1, -0.05) is 6.08 Å². The number of amides is 1. The van der Waals surface area contributed by atoms with Crippen molar-refractivity contribution in [2.24, 2.45) is 0 Å². The number of carbonyl (C=O) groups is 1. The zero-order valence-corrected chi connectivity index (χ0v) is 25.5. The van der Waals surface area contributed by atoms with E-state index in [1.54, 1.807) is 39.5 Å². The number of ether oxygens (including phenoxy) is 2. The van der Waals surface area contributed by atoms with Gasteiger partial charge in [-0.3, -0.25) is 4.90 Å². The minimum atomic E-state index is -4.62. The van der Waals surface area contributed by atoms with Gasteiger partial charge < -0.3 is 23.3 Å². The van der Waals surface area contributed by atoms with Crippen molar-refractivity contribution in [1.29, 1.82) is 0 Å². The van der Waals surface area contributed by atoms with Crippen LogP contribution in [0.3, 0.4) is 0 Å². The smallest absolute Gasteiger partial charge is 0.490 e. The first-order chi connectivity index (χ1) is 18.7. The first kappa shape index (κ1) is 31.2. The average Bonchev–Trinajstić information content (AvgIpc) is 3.32. The van der Waals surface area contributed by atoms with E-state index in [0.717, 1.165) is 11.5 Å². The average molecular weight is 579 g/mol. The zero-order chi connectivity index (χ0) is 30.7. The number of hydrogen-bond donors (Lipinski definition) is 0. The predicted molar refractivity (Wildman–Crippen MR) is 151 cm³/mol. The molecule has 0 spiro atoms. The molecule has 3 heterocycles. The summed E-state index contributed by atoms with van der Waals surface area (Å²) in [6, 6.07) is 1.31. The molecule has 2 aliphatic heterocycles. The van der Waals surface area contributed by atoms with Crippen LogP contribution in [-0.2, 0) is 20.2 Å². The Bertz CT molecular complexity index is 1310. The summed E-state index contributed by atoms with van der Waals surface area (Å²) in [4.78, 5) is 19.1. The monoisotopic (exact) mass is 579 g/mol. The number of aromatic nitrogens is 2. The standard InChI is InChI=1S/C29H41BF3N3O5/c1-17(2)35-16-34-23-14-21(13-22(24(23)35)29(31,32)33)38-15-20-12-19(30-40-27(7,8)28(9,10)41-30)11-18(3)36(20)25(37)39-26(4,5)6/h12-14,16-18,20H,11,15H2,1-10H3/t18-,20-/m0/s1. The number of carbonyl (C=O) groups excluding carboxylic acids is 1. The van der Waals surface area contributed by atoms with E-state index in [0.29, 0.717) is 6.42 Å². The third-order valence-electron chi connectivity index (χ3n) is 7.86. The van der Waals surface area contributed by atoms with Gasteiger partial charge in [0.1, 0.15) is 18.0 Å². The highest BCUT2D eigenvalue weighted by molar-refractivity contribution is 6.54. The minimum absolute atomic E-state index is 0.00413. The molecule has 1 aromatic heterocycles. The van der Waals surface area contributed by atoms with Gasteiger partial charge in [-0.15, -0.1) is 0 Å². The molecule has 0 N–H and O–H groups in total. The fraction of sp³-hybridized carbons (Fsp3) is 0.655. The molecule has 226 valence electrons. The van der Waals surface area contributed by atoms with Crippen molar-refractivity contribution < 1.29 is 36.7 Å². The Labute approximate surface area is 240 Å². The van der Waals surface area contributed by atoms with Gasteiger partial charge in [0, 0.05) is 18.2 Å². The van der Waals surface area contributed by atoms with Crippen molar-refractivity contribution >= 4 is 24.2 Å². The molecule has 2 aromatic rings. The first-order valence-electron chi connectivity index (χ1n) is 14.0. The van der Waals surface area contributed by atoms with Gasteiger partial charge in [0.25, 0.3) is 0 Å². The highest BCUT2D eigenvalue weighted by atomic mass is 19.4. The maximum absolute atomic E-state index is 14.1. The van der Waals surface area contributed by atoms with Crippen LogP contribution in [0.25, 0.3) is 11.0 Å². The predicted octanol–water partition coefficient (Wildman–Crippen LogP) is 6.97. The largest absolute Gasteiger partial charge is 0.491 e. The molecule has 0 saturated carbocycles. The maximum atomic E-state index is 14.1. The molecule has 1 fully saturated rings. The summed E-state index contributed by atoms with van der Waals surface area (Å²) in [5.41, 5.74) is -1.66. The Morgan fingerprint density at radius 1 is 1.15 bits per heavy atom. The zero-order valence-electron chi connectivity index (χ0n) is 25.5. The van der Waals surface area contributed by atoms with Crippen LogP contribution in [0.2, 0.25) is 0 Å². The molecule has 12 heteroatoms. The molecule has 2 aliphatic rings. The molecular weight excluding hydrogens is 538 g/mol. The summed E-state index contributed by atoms with van der Waals surface area (Å²) in [6.07, 6.45) is -1.42. The fourth-order valence-corrected chi connectivity index (χ4v) is 5.11. The summed E-state index contributed by atoms with van der Waals surface area (Å²) in [5.74, 6) is 0.00628. The van der Waals surface area contributed by atoms with Crippen molar-refractivity contribution in [3.05, 3.63) is 35.6 Å². The maximum Gasteiger partial charge on any atom is 0.490 e. The van der Waals surface area contributed by atoms with Crippen molar-refractivity contribution in [3.63, 3.8) is 0 Å². The highest BCUT2D eigenvalue weighted by Gasteiger charge is 2.53. The summed E-state index contributed by atoms with van der Waals surface area (Å²) >= 11 is 0. The Hall–Kier alpha value is -2.73. The van der Waals surface area contributed by atoms with Gasteiger partial charge in [-0.25, -0.2) is 9.78 Å². The quantitative estimate of drug-likeness (QED) is 0.356. The van der Waals surface area contributed by atoms with E-state index >= 15 is 0 Å². The lowest BCUT2D eigenvalue weighted by atomic mass is 9.72. The number of imidazole rings is 1. The second-order valence-electron chi connectivity index (χ2n) is 13.2. The van der Waals surface area contributed by atoms with Gasteiger partial charge in [0.2, 0.25) is 0 Å². The number of fused-ring (bicyclic) bond motifs is 1. The Balaban J connectivity index is 1.69. The highest BCUT2D eigenvalue weighted by Crippen LogP contribution is 2.41. The van der Waals surface area contributed by atoms with E-state index in [4.69, 9.17) is 18.8 Å². The molecule has 41 heavy (non-hydrogen) atoms. The van der Waals surface area contributed by atoms with Gasteiger partial charge >= 0.3 is 19.4 Å². The van der Waals surface area contributed by atoms with Crippen LogP contribution in [-0.4, -0.2) is 63.2 Å². The van der Waals surface area contributed by atoms with E-state index in [1.807, 2.05) is 40.7 Å². The van der Waals surface area contributed by atoms with Crippen LogP contribution >= 0.6 is 0 Å². The Kier molecular flexibility index (Phi) is 8.01. The SMILES string of the molecule is CC(C)n1cnc2cc(OC[C@@H]3C=C(B4OC(C)(C)C(C)(C)O4)C[C@H](C)N3C(=O)OC(C)(C)C)cc(C(F)(F)F)c21. The van der Waals surface area contributed by atoms with Gasteiger partial charge in [0.05, 0.1) is 40.2 Å². The lowest BCUT2D eigenvalue weighted by Crippen LogP contribution is -2.53. The van der Waals surface area contributed by atoms with Crippen LogP contribution in [0, 0.1) is 0 Å². The molecule has 0 radical (unpaired) electrons. The van der Waals surface area contributed by atoms with Gasteiger partial charge in [0.15, 0.2) is 0 Å². The summed E-state index contributed by atoms with van der Waals surface area (Å²) < 4.78 is 68.1. The molecule has 0 unspecified atom stereocenters. The second-order valence-corrected chi connectivity index (χ2v) is 13.2. The normalized spacial score (nSPS) is 22.8. The Morgan fingerprint density at radius 3 is 2.29 bits per heavy atom. The molecule has 1 amide bonds. The van der Waals surface area contributed by atoms with Crippen LogP contribution in [0.5, 0.6) is 5.75 Å². The second kappa shape index (κ2) is 10.5. The van der Waals surface area contributed by atoms with Gasteiger partial charge in [-0.2, -0.15) is 13.2 Å². The van der Waals surface area contributed by atoms with E-state index < -0.39 is 47.8 Å². The van der Waals surface area contributed by atoms with Crippen LogP contribution < -0.4 is 4.74 Å². The number of rotatable bonds is 5. The fourth-order valence-electron chi connectivity index (χ4n) is 5.11. The van der Waals surface area contributed by atoms with Crippen LogP contribution in [0.4, 0.5) is 18.0 Å². The van der Waals surface area contributed by atoms with Crippen molar-refractivity contribution in [2.45, 2.75) is 117 Å². The third kappa shape index (κ3) is 6.38. The molecule has 1 aromatic carbocycles. The van der Waals surface area contributed by atoms with Crippen LogP contribution in [0.1, 0.15) is 87.3 Å². The number of alkyl halides is 3. The number of nitrogens with zero attached hydrogens (tertiary/aromatic N) is 3. The first-order valence-corrected chi connectivity index (χ1v) is 14.0. The molecule has 0 aliphatic carbocycles. The summed E-state index contributed by atoms with van der Waals surface area (Å²) in [5, 5.41) is 0. The minimum Gasteiger partial charge on any atom is -0.491 e. The van der Waals surface area contributed by atoms with Crippen LogP contribution in [0.15, 0.2) is 30.0 Å². The van der Waals surface area contributed by atoms with Crippen molar-refractivity contribution in [3.8, 4) is 5.75 Å². The lowest BCUT2D eigenvalue weighted by molar-refractivity contribution is -0.136. The molecule has 4 rings (SSSR count). The Morgan fingerprint density at radius 2 is 1.76 bits per heavy atom. The molecule has 8 nitrogen and oxygen atoms in total. The molecular formula is C29H41BF3N3O5. The van der Waals surface area contributed by atoms with E-state index in [-0.39, 0.29) is 35.5 Å². The molecule has 2 atom stereocenters. The van der Waals surface area contributed by atoms with E-state index in [1.165, 1.54) is 17.0 Å². The third-order valence-corrected chi connectivity index (χ3v) is 7.86. The number of hydrogen-bond acceptors (Lipinski definition) is 6. The lowest BCUT2D eigenvalue weighted by Gasteiger charge is -2.40. The van der Waals surface area contributed by atoms with Gasteiger partial charge in [-0.05, 0) is 87.2 Å². The summed E-state index contributed by atoms with van der Waals surface area (Å²) in [6.45, 7) is 18.6. The summed E-state index contributed by atoms with van der Waals surface area (Å²) in [7, 11) is -0.626. The van der Waals surface area contributed by atoms with Crippen molar-refractivity contribution in [2.75, 3.05) is 6.61 Å². The number of halogens is 3. The topological polar surface area (TPSA) is 75.1 Å². The number of benzene rings is 1.